The van der Waals surface area contributed by atoms with Gasteiger partial charge in [-0.25, -0.2) is 20.4 Å². The summed E-state index contributed by atoms with van der Waals surface area (Å²) in [5.41, 5.74) is 12.4. The van der Waals surface area contributed by atoms with Gasteiger partial charge < -0.3 is 67.1 Å². The molecule has 0 aromatic heterocycles. The van der Waals surface area contributed by atoms with Gasteiger partial charge in [-0.1, -0.05) is 111 Å². The number of urea groups is 1. The summed E-state index contributed by atoms with van der Waals surface area (Å²) in [5.74, 6) is 3.79. The van der Waals surface area contributed by atoms with Crippen molar-refractivity contribution in [2.75, 3.05) is 52.3 Å². The number of methoxy groups -OCH3 is 2. The highest BCUT2D eigenvalue weighted by Crippen LogP contribution is 2.39. The van der Waals surface area contributed by atoms with E-state index in [1.54, 1.807) is 52.3 Å². The quantitative estimate of drug-likeness (QED) is 0.0148. The zero-order valence-corrected chi connectivity index (χ0v) is 49.2. The van der Waals surface area contributed by atoms with Gasteiger partial charge in [0.15, 0.2) is 0 Å². The molecule has 21 heteroatoms. The molecule has 2 aromatic rings. The number of anilines is 1. The number of aliphatic hydroxyl groups is 3. The third-order valence-electron chi connectivity index (χ3n) is 16.0. The van der Waals surface area contributed by atoms with E-state index in [4.69, 9.17) is 31.5 Å². The Bertz CT molecular complexity index is 2130. The van der Waals surface area contributed by atoms with E-state index in [-0.39, 0.29) is 67.5 Å². The number of aliphatic hydroxyl groups excluding tert-OH is 3. The number of benzene rings is 2. The fourth-order valence-corrected chi connectivity index (χ4v) is 10.9. The van der Waals surface area contributed by atoms with Gasteiger partial charge in [0.05, 0.1) is 30.3 Å². The van der Waals surface area contributed by atoms with Crippen molar-refractivity contribution in [2.45, 2.75) is 175 Å². The summed E-state index contributed by atoms with van der Waals surface area (Å²) in [6, 6.07) is 13.2. The Morgan fingerprint density at radius 3 is 2.05 bits per heavy atom. The SMILES string of the molecule is CC[C@H](C)[C@@H](CNC(=O)[C@H](C(C)C)N(N)C(=O)OC(Cc1ccc(NC(=O)[C@H](CCCNC(N)=O)NC[C@@H](N)C(C)C)cc1)C(C=O)C(C)C)[C@@H](C[C@H](O)N1CCC[C@@]1(N[C@H](C)[C@@H](O)c1ccccc1)[C@@H](OC)[C@@H](C)CO)OC. The first-order valence-electron chi connectivity index (χ1n) is 28.4. The van der Waals surface area contributed by atoms with Gasteiger partial charge in [-0.05, 0) is 79.5 Å². The van der Waals surface area contributed by atoms with E-state index in [1.165, 1.54) is 0 Å². The van der Waals surface area contributed by atoms with Crippen molar-refractivity contribution < 1.29 is 53.5 Å². The van der Waals surface area contributed by atoms with Gasteiger partial charge >= 0.3 is 12.1 Å². The number of hydrogen-bond acceptors (Lipinski definition) is 16. The Kier molecular flexibility index (Phi) is 29.3. The second kappa shape index (κ2) is 33.8. The largest absolute Gasteiger partial charge is 0.444 e. The molecule has 1 fully saturated rings. The van der Waals surface area contributed by atoms with Crippen molar-refractivity contribution in [3.63, 3.8) is 0 Å². The predicted octanol–water partition coefficient (Wildman–Crippen LogP) is 4.38. The molecule has 1 aliphatic rings. The number of nitrogens with zero attached hydrogens (tertiary/aromatic N) is 2. The van der Waals surface area contributed by atoms with Gasteiger partial charge in [-0.2, -0.15) is 0 Å². The summed E-state index contributed by atoms with van der Waals surface area (Å²) in [5, 5.41) is 50.5. The first kappa shape index (κ1) is 68.5. The lowest BCUT2D eigenvalue weighted by atomic mass is 9.84. The second-order valence-corrected chi connectivity index (χ2v) is 22.8. The third kappa shape index (κ3) is 20.0. The number of nitrogens with one attached hydrogen (secondary N) is 5. The summed E-state index contributed by atoms with van der Waals surface area (Å²) < 4.78 is 18.4. The smallest absolute Gasteiger partial charge is 0.425 e. The lowest BCUT2D eigenvalue weighted by Crippen LogP contribution is -2.69. The van der Waals surface area contributed by atoms with E-state index in [9.17, 15) is 39.3 Å². The minimum atomic E-state index is -1.18. The Morgan fingerprint density at radius 2 is 1.51 bits per heavy atom. The van der Waals surface area contributed by atoms with Crippen LogP contribution in [0.2, 0.25) is 0 Å². The van der Waals surface area contributed by atoms with E-state index in [0.717, 1.165) is 23.3 Å². The van der Waals surface area contributed by atoms with Crippen LogP contribution in [0.25, 0.3) is 0 Å². The number of carbonyl (C=O) groups is 5. The minimum absolute atomic E-state index is 0.00347. The first-order chi connectivity index (χ1) is 37.4. The fourth-order valence-electron chi connectivity index (χ4n) is 10.9. The molecule has 1 aliphatic heterocycles. The molecule has 14 atom stereocenters. The maximum absolute atomic E-state index is 14.3. The minimum Gasteiger partial charge on any atom is -0.444 e. The van der Waals surface area contributed by atoms with E-state index in [2.05, 4.69) is 33.5 Å². The van der Waals surface area contributed by atoms with Crippen molar-refractivity contribution >= 4 is 35.9 Å². The molecule has 0 saturated carbocycles. The molecule has 0 spiro atoms. The van der Waals surface area contributed by atoms with Crippen LogP contribution in [0.15, 0.2) is 54.6 Å². The lowest BCUT2D eigenvalue weighted by Gasteiger charge is -2.50. The zero-order chi connectivity index (χ0) is 59.1. The van der Waals surface area contributed by atoms with Crippen LogP contribution in [-0.4, -0.2) is 157 Å². The van der Waals surface area contributed by atoms with Gasteiger partial charge in [0.25, 0.3) is 0 Å². The van der Waals surface area contributed by atoms with E-state index < -0.39 is 84.3 Å². The number of primary amides is 1. The van der Waals surface area contributed by atoms with Crippen molar-refractivity contribution in [2.24, 2.45) is 58.7 Å². The topological polar surface area (TPSA) is 318 Å². The molecule has 2 aromatic carbocycles. The predicted molar refractivity (Wildman–Crippen MR) is 307 cm³/mol. The van der Waals surface area contributed by atoms with Crippen molar-refractivity contribution in [1.82, 2.24) is 31.2 Å². The van der Waals surface area contributed by atoms with Crippen LogP contribution in [0.3, 0.4) is 0 Å². The Morgan fingerprint density at radius 1 is 0.848 bits per heavy atom. The molecule has 0 radical (unpaired) electrons. The number of carbonyl (C=O) groups excluding carboxylic acids is 5. The van der Waals surface area contributed by atoms with Crippen LogP contribution >= 0.6 is 0 Å². The summed E-state index contributed by atoms with van der Waals surface area (Å²) >= 11 is 0. The summed E-state index contributed by atoms with van der Waals surface area (Å²) in [6.45, 7) is 20.2. The zero-order valence-electron chi connectivity index (χ0n) is 49.2. The van der Waals surface area contributed by atoms with Crippen molar-refractivity contribution in [3.05, 3.63) is 65.7 Å². The Hall–Kier alpha value is -4.81. The molecule has 3 rings (SSSR count). The van der Waals surface area contributed by atoms with Crippen LogP contribution in [0.5, 0.6) is 0 Å². The number of rotatable bonds is 36. The molecule has 0 bridgehead atoms. The maximum atomic E-state index is 14.3. The normalized spacial score (nSPS) is 19.9. The standard InChI is InChI=1S/C58H100N10O11/c1-13-38(8)44(48(77-11)30-50(71)67-28-18-26-58(67,53(78-12)39(9)33-69)66-40(10)52(72)42-19-15-14-16-20-42)31-64-55(74)51(37(6)7)68(61)57(76)79-49(45(34-70)35(2)3)29-41-22-24-43(25-23-41)65-54(73)47(21-17-27-62-56(60)75)63-32-46(59)36(4)5/h14-16,19-20,22-25,34-40,44-53,63,66,69,71-72H,13,17-18,21,26-33,59,61H2,1-12H3,(H,64,74)(H,65,73)(H3,60,62,75)/t38-,39-,40+,44+,45?,46+,47-,48+,49?,50-,51-,52+,53-,58-/m0/s1. The lowest BCUT2D eigenvalue weighted by molar-refractivity contribution is -0.159. The van der Waals surface area contributed by atoms with Crippen LogP contribution < -0.4 is 43.9 Å². The number of aldehydes is 1. The first-order valence-corrected chi connectivity index (χ1v) is 28.4. The molecule has 448 valence electrons. The highest BCUT2D eigenvalue weighted by Gasteiger charge is 2.53. The van der Waals surface area contributed by atoms with E-state index >= 15 is 0 Å². The van der Waals surface area contributed by atoms with Crippen LogP contribution in [0, 0.1) is 41.4 Å². The molecule has 1 heterocycles. The summed E-state index contributed by atoms with van der Waals surface area (Å²) in [6.07, 6.45) is -1.17. The number of hydrazine groups is 1. The molecule has 5 amide bonds. The molecule has 21 nitrogen and oxygen atoms in total. The highest BCUT2D eigenvalue weighted by atomic mass is 16.6. The molecular weight excluding hydrogens is 1010 g/mol. The average Bonchev–Trinajstić information content (AvgIpc) is 3.96. The summed E-state index contributed by atoms with van der Waals surface area (Å²) in [7, 11) is 3.17. The molecular formula is C58H100N10O11. The number of nitrogens with two attached hydrogens (primary N) is 3. The Labute approximate surface area is 470 Å². The van der Waals surface area contributed by atoms with Crippen molar-refractivity contribution in [1.29, 1.82) is 0 Å². The average molecular weight is 1110 g/mol. The van der Waals surface area contributed by atoms with Crippen LogP contribution in [-0.2, 0) is 35.0 Å². The van der Waals surface area contributed by atoms with E-state index in [1.807, 2.05) is 83.7 Å². The number of likely N-dealkylation sites (tertiary alicyclic amines) is 1. The monoisotopic (exact) mass is 1110 g/mol. The number of amides is 5. The van der Waals surface area contributed by atoms with E-state index in [0.29, 0.717) is 56.6 Å². The molecule has 14 N–H and O–H groups in total. The van der Waals surface area contributed by atoms with Crippen molar-refractivity contribution in [3.8, 4) is 0 Å². The number of ether oxygens (including phenoxy) is 3. The fraction of sp³-hybridized carbons (Fsp3) is 0.707. The van der Waals surface area contributed by atoms with Gasteiger partial charge in [-0.15, -0.1) is 0 Å². The third-order valence-corrected chi connectivity index (χ3v) is 16.0. The molecule has 0 aliphatic carbocycles. The van der Waals surface area contributed by atoms with Gasteiger partial charge in [0.2, 0.25) is 11.8 Å². The second-order valence-electron chi connectivity index (χ2n) is 22.8. The highest BCUT2D eigenvalue weighted by molar-refractivity contribution is 5.94. The van der Waals surface area contributed by atoms with Gasteiger partial charge in [-0.3, -0.25) is 19.8 Å². The Balaban J connectivity index is 1.81. The van der Waals surface area contributed by atoms with Crippen LogP contribution in [0.4, 0.5) is 15.3 Å². The maximum Gasteiger partial charge on any atom is 0.425 e. The molecule has 1 saturated heterocycles. The summed E-state index contributed by atoms with van der Waals surface area (Å²) in [4.78, 5) is 67.7. The number of hydrogen-bond donors (Lipinski definition) is 11. The van der Waals surface area contributed by atoms with Gasteiger partial charge in [0.1, 0.15) is 30.3 Å². The molecule has 2 unspecified atom stereocenters. The van der Waals surface area contributed by atoms with Gasteiger partial charge in [0, 0.05) is 89.5 Å². The molecule has 79 heavy (non-hydrogen) atoms. The van der Waals surface area contributed by atoms with Crippen LogP contribution in [0.1, 0.15) is 125 Å².